The average Bonchev–Trinajstić information content (AvgIpc) is 2.57. The molecule has 0 amide bonds. The minimum Gasteiger partial charge on any atom is -0.507 e. The standard InChI is InChI=1S/C10H10N2O2/c1-6-4-3-5-8(9(6)13)10-11-7(2)12-14-10/h3-5,13H,1-2H3. The first-order valence-electron chi connectivity index (χ1n) is 4.28. The molecule has 2 rings (SSSR count). The second kappa shape index (κ2) is 3.14. The van der Waals surface area contributed by atoms with Gasteiger partial charge in [0, 0.05) is 0 Å². The third-order valence-electron chi connectivity index (χ3n) is 2.00. The molecular weight excluding hydrogens is 180 g/mol. The van der Waals surface area contributed by atoms with E-state index >= 15 is 0 Å². The van der Waals surface area contributed by atoms with E-state index in [9.17, 15) is 5.11 Å². The van der Waals surface area contributed by atoms with E-state index in [-0.39, 0.29) is 5.75 Å². The van der Waals surface area contributed by atoms with Gasteiger partial charge in [0.2, 0.25) is 0 Å². The Morgan fingerprint density at radius 3 is 2.71 bits per heavy atom. The lowest BCUT2D eigenvalue weighted by Crippen LogP contribution is -1.82. The van der Waals surface area contributed by atoms with Gasteiger partial charge in [-0.15, -0.1) is 0 Å². The maximum Gasteiger partial charge on any atom is 0.261 e. The van der Waals surface area contributed by atoms with Crippen molar-refractivity contribution in [1.29, 1.82) is 0 Å². The number of rotatable bonds is 1. The Morgan fingerprint density at radius 1 is 1.29 bits per heavy atom. The summed E-state index contributed by atoms with van der Waals surface area (Å²) in [6.45, 7) is 3.56. The largest absolute Gasteiger partial charge is 0.507 e. The molecule has 1 N–H and O–H groups in total. The van der Waals surface area contributed by atoms with Gasteiger partial charge in [-0.1, -0.05) is 17.3 Å². The quantitative estimate of drug-likeness (QED) is 0.747. The van der Waals surface area contributed by atoms with Crippen LogP contribution in [0.15, 0.2) is 22.7 Å². The Morgan fingerprint density at radius 2 is 2.07 bits per heavy atom. The lowest BCUT2D eigenvalue weighted by Gasteiger charge is -2.01. The second-order valence-corrected chi connectivity index (χ2v) is 3.12. The normalized spacial score (nSPS) is 10.4. The SMILES string of the molecule is Cc1noc(-c2cccc(C)c2O)n1. The Hall–Kier alpha value is -1.84. The number of benzene rings is 1. The number of hydrogen-bond acceptors (Lipinski definition) is 4. The van der Waals surface area contributed by atoms with Crippen molar-refractivity contribution < 1.29 is 9.63 Å². The lowest BCUT2D eigenvalue weighted by atomic mass is 10.1. The molecule has 4 nitrogen and oxygen atoms in total. The first-order valence-corrected chi connectivity index (χ1v) is 4.28. The van der Waals surface area contributed by atoms with Crippen LogP contribution in [0.4, 0.5) is 0 Å². The maximum absolute atomic E-state index is 9.73. The molecule has 0 aliphatic heterocycles. The summed E-state index contributed by atoms with van der Waals surface area (Å²) in [7, 11) is 0. The summed E-state index contributed by atoms with van der Waals surface area (Å²) in [5.41, 5.74) is 1.36. The van der Waals surface area contributed by atoms with Gasteiger partial charge in [-0.25, -0.2) is 0 Å². The average molecular weight is 190 g/mol. The molecule has 0 saturated carbocycles. The predicted octanol–water partition coefficient (Wildman–Crippen LogP) is 2.06. The highest BCUT2D eigenvalue weighted by Gasteiger charge is 2.11. The van der Waals surface area contributed by atoms with E-state index in [4.69, 9.17) is 4.52 Å². The molecule has 1 heterocycles. The van der Waals surface area contributed by atoms with Crippen LogP contribution >= 0.6 is 0 Å². The number of para-hydroxylation sites is 1. The summed E-state index contributed by atoms with van der Waals surface area (Å²) >= 11 is 0. The van der Waals surface area contributed by atoms with Crippen molar-refractivity contribution in [2.75, 3.05) is 0 Å². The van der Waals surface area contributed by atoms with Crippen LogP contribution in [-0.4, -0.2) is 15.2 Å². The molecule has 14 heavy (non-hydrogen) atoms. The zero-order valence-corrected chi connectivity index (χ0v) is 7.98. The molecule has 0 spiro atoms. The van der Waals surface area contributed by atoms with E-state index in [0.717, 1.165) is 5.56 Å². The fraction of sp³-hybridized carbons (Fsp3) is 0.200. The summed E-state index contributed by atoms with van der Waals surface area (Å²) < 4.78 is 4.97. The molecule has 4 heteroatoms. The molecular formula is C10H10N2O2. The van der Waals surface area contributed by atoms with Crippen LogP contribution in [0.3, 0.4) is 0 Å². The predicted molar refractivity (Wildman–Crippen MR) is 50.9 cm³/mol. The van der Waals surface area contributed by atoms with Gasteiger partial charge >= 0.3 is 0 Å². The summed E-state index contributed by atoms with van der Waals surface area (Å²) in [5, 5.41) is 13.4. The van der Waals surface area contributed by atoms with E-state index in [1.807, 2.05) is 19.1 Å². The fourth-order valence-corrected chi connectivity index (χ4v) is 1.24. The topological polar surface area (TPSA) is 59.2 Å². The Balaban J connectivity index is 2.57. The van der Waals surface area contributed by atoms with E-state index in [0.29, 0.717) is 17.3 Å². The second-order valence-electron chi connectivity index (χ2n) is 3.12. The van der Waals surface area contributed by atoms with Gasteiger partial charge < -0.3 is 9.63 Å². The number of hydrogen-bond donors (Lipinski definition) is 1. The number of nitrogens with zero attached hydrogens (tertiary/aromatic N) is 2. The fourth-order valence-electron chi connectivity index (χ4n) is 1.24. The van der Waals surface area contributed by atoms with Gasteiger partial charge in [0.1, 0.15) is 5.75 Å². The third-order valence-corrected chi connectivity index (χ3v) is 2.00. The van der Waals surface area contributed by atoms with Gasteiger partial charge in [0.15, 0.2) is 5.82 Å². The van der Waals surface area contributed by atoms with Crippen molar-refractivity contribution in [3.63, 3.8) is 0 Å². The van der Waals surface area contributed by atoms with Crippen molar-refractivity contribution in [3.8, 4) is 17.2 Å². The van der Waals surface area contributed by atoms with E-state index < -0.39 is 0 Å². The summed E-state index contributed by atoms with van der Waals surface area (Å²) in [4.78, 5) is 4.05. The number of aromatic nitrogens is 2. The van der Waals surface area contributed by atoms with Crippen LogP contribution in [0, 0.1) is 13.8 Å². The first-order chi connectivity index (χ1) is 6.68. The van der Waals surface area contributed by atoms with Crippen molar-refractivity contribution in [2.45, 2.75) is 13.8 Å². The van der Waals surface area contributed by atoms with Gasteiger partial charge in [-0.05, 0) is 25.5 Å². The summed E-state index contributed by atoms with van der Waals surface area (Å²) in [6, 6.07) is 5.40. The van der Waals surface area contributed by atoms with Crippen LogP contribution in [0.1, 0.15) is 11.4 Å². The van der Waals surface area contributed by atoms with Gasteiger partial charge in [0.05, 0.1) is 5.56 Å². The van der Waals surface area contributed by atoms with Crippen LogP contribution in [-0.2, 0) is 0 Å². The highest BCUT2D eigenvalue weighted by Crippen LogP contribution is 2.30. The molecule has 0 unspecified atom stereocenters. The first kappa shape index (κ1) is 8.74. The van der Waals surface area contributed by atoms with Crippen molar-refractivity contribution in [2.24, 2.45) is 0 Å². The zero-order valence-electron chi connectivity index (χ0n) is 7.98. The molecule has 0 aliphatic carbocycles. The Kier molecular flexibility index (Phi) is 1.96. The number of aromatic hydroxyl groups is 1. The Bertz CT molecular complexity index is 463. The lowest BCUT2D eigenvalue weighted by molar-refractivity contribution is 0.419. The van der Waals surface area contributed by atoms with E-state index in [2.05, 4.69) is 10.1 Å². The maximum atomic E-state index is 9.73. The number of aryl methyl sites for hydroxylation is 2. The molecule has 0 radical (unpaired) electrons. The van der Waals surface area contributed by atoms with Gasteiger partial charge in [0.25, 0.3) is 5.89 Å². The van der Waals surface area contributed by atoms with Crippen LogP contribution in [0.5, 0.6) is 5.75 Å². The van der Waals surface area contributed by atoms with Crippen LogP contribution in [0.25, 0.3) is 11.5 Å². The molecule has 0 saturated heterocycles. The number of phenols is 1. The van der Waals surface area contributed by atoms with Crippen molar-refractivity contribution in [1.82, 2.24) is 10.1 Å². The smallest absolute Gasteiger partial charge is 0.261 e. The Labute approximate surface area is 81.2 Å². The van der Waals surface area contributed by atoms with Crippen molar-refractivity contribution >= 4 is 0 Å². The van der Waals surface area contributed by atoms with Crippen LogP contribution in [0.2, 0.25) is 0 Å². The molecule has 0 bridgehead atoms. The summed E-state index contributed by atoms with van der Waals surface area (Å²) in [6.07, 6.45) is 0. The third kappa shape index (κ3) is 1.35. The van der Waals surface area contributed by atoms with E-state index in [1.165, 1.54) is 0 Å². The molecule has 2 aromatic rings. The van der Waals surface area contributed by atoms with E-state index in [1.54, 1.807) is 13.0 Å². The highest BCUT2D eigenvalue weighted by molar-refractivity contribution is 5.64. The monoisotopic (exact) mass is 190 g/mol. The minimum absolute atomic E-state index is 0.191. The molecule has 72 valence electrons. The van der Waals surface area contributed by atoms with Crippen molar-refractivity contribution in [3.05, 3.63) is 29.6 Å². The minimum atomic E-state index is 0.191. The molecule has 1 aromatic heterocycles. The molecule has 0 atom stereocenters. The number of phenolic OH excluding ortho intramolecular Hbond substituents is 1. The van der Waals surface area contributed by atoms with Crippen LogP contribution < -0.4 is 0 Å². The zero-order chi connectivity index (χ0) is 10.1. The molecule has 1 aromatic carbocycles. The van der Waals surface area contributed by atoms with Gasteiger partial charge in [-0.2, -0.15) is 4.98 Å². The highest BCUT2D eigenvalue weighted by atomic mass is 16.5. The molecule has 0 aliphatic rings. The summed E-state index contributed by atoms with van der Waals surface area (Å²) in [5.74, 6) is 1.10. The van der Waals surface area contributed by atoms with Gasteiger partial charge in [-0.3, -0.25) is 0 Å². The molecule has 0 fully saturated rings.